The van der Waals surface area contributed by atoms with Gasteiger partial charge in [-0.25, -0.2) is 0 Å². The van der Waals surface area contributed by atoms with Gasteiger partial charge in [-0.05, 0) is 17.2 Å². The van der Waals surface area contributed by atoms with Crippen molar-refractivity contribution in [3.05, 3.63) is 35.4 Å². The van der Waals surface area contributed by atoms with Gasteiger partial charge in [-0.3, -0.25) is 0 Å². The van der Waals surface area contributed by atoms with Crippen LogP contribution in [0.1, 0.15) is 16.9 Å². The molecular weight excluding hydrogens is 164 g/mol. The highest BCUT2D eigenvalue weighted by molar-refractivity contribution is 6.78. The van der Waals surface area contributed by atoms with E-state index >= 15 is 0 Å². The van der Waals surface area contributed by atoms with Gasteiger partial charge in [-0.15, -0.1) is 0 Å². The van der Waals surface area contributed by atoms with E-state index in [4.69, 9.17) is 0 Å². The SMILES string of the molecule is C[Si]1(C)Cc2ccccc2C1O. The molecule has 0 aliphatic carbocycles. The van der Waals surface area contributed by atoms with E-state index in [2.05, 4.69) is 31.3 Å². The standard InChI is InChI=1S/C10H14OSi/c1-12(2)7-8-5-3-4-6-9(8)10(12)11/h3-6,10-11H,7H2,1-2H3. The molecule has 1 atom stereocenters. The van der Waals surface area contributed by atoms with Crippen molar-refractivity contribution in [1.82, 2.24) is 0 Å². The van der Waals surface area contributed by atoms with Crippen LogP contribution in [0.5, 0.6) is 0 Å². The van der Waals surface area contributed by atoms with Crippen LogP contribution >= 0.6 is 0 Å². The maximum Gasteiger partial charge on any atom is 0.0912 e. The van der Waals surface area contributed by atoms with E-state index in [9.17, 15) is 5.11 Å². The Labute approximate surface area is 74.1 Å². The Kier molecular flexibility index (Phi) is 1.63. The lowest BCUT2D eigenvalue weighted by Gasteiger charge is -2.19. The predicted molar refractivity (Wildman–Crippen MR) is 52.6 cm³/mol. The summed E-state index contributed by atoms with van der Waals surface area (Å²) < 4.78 is 0. The van der Waals surface area contributed by atoms with E-state index in [1.807, 2.05) is 6.07 Å². The number of fused-ring (bicyclic) bond motifs is 1. The molecular formula is C10H14OSi. The molecule has 0 radical (unpaired) electrons. The van der Waals surface area contributed by atoms with Crippen LogP contribution in [0.25, 0.3) is 0 Å². The molecule has 64 valence electrons. The fourth-order valence-corrected chi connectivity index (χ4v) is 4.59. The van der Waals surface area contributed by atoms with Crippen LogP contribution in [0.4, 0.5) is 0 Å². The molecule has 0 saturated heterocycles. The molecule has 0 amide bonds. The lowest BCUT2D eigenvalue weighted by atomic mass is 10.1. The summed E-state index contributed by atoms with van der Waals surface area (Å²) in [6.45, 7) is 4.50. The molecule has 1 aromatic carbocycles. The first kappa shape index (κ1) is 8.02. The second-order valence-electron chi connectivity index (χ2n) is 4.27. The number of rotatable bonds is 0. The Bertz CT molecular complexity index is 306. The van der Waals surface area contributed by atoms with E-state index in [0.29, 0.717) is 0 Å². The molecule has 0 bridgehead atoms. The van der Waals surface area contributed by atoms with Crippen LogP contribution in [-0.2, 0) is 6.04 Å². The average molecular weight is 178 g/mol. The van der Waals surface area contributed by atoms with Crippen molar-refractivity contribution in [3.63, 3.8) is 0 Å². The minimum absolute atomic E-state index is 0.145. The fourth-order valence-electron chi connectivity index (χ4n) is 1.97. The highest BCUT2D eigenvalue weighted by Gasteiger charge is 2.38. The molecule has 2 rings (SSSR count). The van der Waals surface area contributed by atoms with Crippen molar-refractivity contribution < 1.29 is 5.11 Å². The monoisotopic (exact) mass is 178 g/mol. The summed E-state index contributed by atoms with van der Waals surface area (Å²) in [7, 11) is -1.39. The van der Waals surface area contributed by atoms with Crippen LogP contribution in [0.2, 0.25) is 13.1 Å². The highest BCUT2D eigenvalue weighted by Crippen LogP contribution is 2.36. The second-order valence-corrected chi connectivity index (χ2v) is 9.14. The Morgan fingerprint density at radius 2 is 2.00 bits per heavy atom. The first-order valence-electron chi connectivity index (χ1n) is 4.37. The summed E-state index contributed by atoms with van der Waals surface area (Å²) in [6.07, 6.45) is 0. The minimum atomic E-state index is -1.39. The van der Waals surface area contributed by atoms with Crippen molar-refractivity contribution in [2.24, 2.45) is 0 Å². The third-order valence-corrected chi connectivity index (χ3v) is 5.82. The summed E-state index contributed by atoms with van der Waals surface area (Å²) in [5.41, 5.74) is 2.39. The third kappa shape index (κ3) is 1.03. The molecule has 1 aromatic rings. The molecule has 0 aromatic heterocycles. The highest BCUT2D eigenvalue weighted by atomic mass is 28.3. The molecule has 1 aliphatic rings. The second kappa shape index (κ2) is 2.44. The van der Waals surface area contributed by atoms with Gasteiger partial charge in [0.1, 0.15) is 0 Å². The third-order valence-electron chi connectivity index (χ3n) is 2.74. The van der Waals surface area contributed by atoms with Crippen LogP contribution in [0, 0.1) is 0 Å². The number of benzene rings is 1. The molecule has 1 unspecified atom stereocenters. The van der Waals surface area contributed by atoms with Gasteiger partial charge in [0.05, 0.1) is 13.8 Å². The molecule has 1 nitrogen and oxygen atoms in total. The molecule has 2 heteroatoms. The summed E-state index contributed by atoms with van der Waals surface area (Å²) in [4.78, 5) is 0. The summed E-state index contributed by atoms with van der Waals surface area (Å²) >= 11 is 0. The predicted octanol–water partition coefficient (Wildman–Crippen LogP) is 2.06. The van der Waals surface area contributed by atoms with Crippen molar-refractivity contribution in [3.8, 4) is 0 Å². The van der Waals surface area contributed by atoms with Crippen LogP contribution in [0.3, 0.4) is 0 Å². The Morgan fingerprint density at radius 1 is 1.33 bits per heavy atom. The number of hydrogen-bond acceptors (Lipinski definition) is 1. The van der Waals surface area contributed by atoms with Gasteiger partial charge in [-0.1, -0.05) is 37.4 Å². The van der Waals surface area contributed by atoms with E-state index in [1.165, 1.54) is 11.1 Å². The summed E-state index contributed by atoms with van der Waals surface area (Å²) in [5, 5.41) is 9.97. The van der Waals surface area contributed by atoms with Crippen molar-refractivity contribution in [2.75, 3.05) is 0 Å². The molecule has 0 spiro atoms. The van der Waals surface area contributed by atoms with Gasteiger partial charge in [0.15, 0.2) is 0 Å². The number of hydrogen-bond donors (Lipinski definition) is 1. The normalized spacial score (nSPS) is 25.4. The van der Waals surface area contributed by atoms with E-state index in [0.717, 1.165) is 6.04 Å². The zero-order chi connectivity index (χ0) is 8.77. The maximum atomic E-state index is 9.97. The molecule has 12 heavy (non-hydrogen) atoms. The first-order valence-corrected chi connectivity index (χ1v) is 7.65. The molecule has 0 fully saturated rings. The maximum absolute atomic E-state index is 9.97. The smallest absolute Gasteiger partial charge is 0.0912 e. The minimum Gasteiger partial charge on any atom is -0.392 e. The lowest BCUT2D eigenvalue weighted by molar-refractivity contribution is 0.253. The van der Waals surface area contributed by atoms with Crippen molar-refractivity contribution in [2.45, 2.75) is 24.9 Å². The van der Waals surface area contributed by atoms with E-state index < -0.39 is 8.07 Å². The fraction of sp³-hybridized carbons (Fsp3) is 0.400. The zero-order valence-corrected chi connectivity index (χ0v) is 8.54. The largest absolute Gasteiger partial charge is 0.392 e. The lowest BCUT2D eigenvalue weighted by Crippen LogP contribution is -2.31. The topological polar surface area (TPSA) is 20.2 Å². The molecule has 1 N–H and O–H groups in total. The van der Waals surface area contributed by atoms with Crippen molar-refractivity contribution in [1.29, 1.82) is 0 Å². The molecule has 1 heterocycles. The summed E-state index contributed by atoms with van der Waals surface area (Å²) in [5.74, 6) is 0. The Balaban J connectivity index is 2.49. The van der Waals surface area contributed by atoms with Crippen LogP contribution < -0.4 is 0 Å². The number of aliphatic hydroxyl groups is 1. The van der Waals surface area contributed by atoms with Gasteiger partial charge >= 0.3 is 0 Å². The van der Waals surface area contributed by atoms with Crippen LogP contribution in [-0.4, -0.2) is 13.2 Å². The number of aliphatic hydroxyl groups excluding tert-OH is 1. The van der Waals surface area contributed by atoms with Gasteiger partial charge in [-0.2, -0.15) is 0 Å². The first-order chi connectivity index (χ1) is 5.61. The summed E-state index contributed by atoms with van der Waals surface area (Å²) in [6, 6.07) is 9.39. The Morgan fingerprint density at radius 3 is 2.67 bits per heavy atom. The van der Waals surface area contributed by atoms with Gasteiger partial charge in [0.2, 0.25) is 0 Å². The van der Waals surface area contributed by atoms with E-state index in [-0.39, 0.29) is 5.73 Å². The van der Waals surface area contributed by atoms with Gasteiger partial charge in [0.25, 0.3) is 0 Å². The van der Waals surface area contributed by atoms with Gasteiger partial charge in [0, 0.05) is 0 Å². The van der Waals surface area contributed by atoms with Gasteiger partial charge < -0.3 is 5.11 Å². The Hall–Kier alpha value is -0.603. The van der Waals surface area contributed by atoms with Crippen molar-refractivity contribution >= 4 is 8.07 Å². The van der Waals surface area contributed by atoms with Crippen LogP contribution in [0.15, 0.2) is 24.3 Å². The van der Waals surface area contributed by atoms with E-state index in [1.54, 1.807) is 0 Å². The quantitative estimate of drug-likeness (QED) is 0.603. The molecule has 0 saturated carbocycles. The average Bonchev–Trinajstić information content (AvgIpc) is 2.24. The molecule has 1 aliphatic heterocycles. The zero-order valence-electron chi connectivity index (χ0n) is 7.54.